The third-order valence-electron chi connectivity index (χ3n) is 2.76. The van der Waals surface area contributed by atoms with Gasteiger partial charge in [0.2, 0.25) is 0 Å². The number of hydrogen-bond donors (Lipinski definition) is 2. The lowest BCUT2D eigenvalue weighted by atomic mass is 10.3. The average molecular weight is 242 g/mol. The van der Waals surface area contributed by atoms with E-state index in [2.05, 4.69) is 5.32 Å². The third-order valence-corrected chi connectivity index (χ3v) is 2.97. The number of hydrogen-bond acceptors (Lipinski definition) is 2. The van der Waals surface area contributed by atoms with Gasteiger partial charge in [-0.05, 0) is 26.3 Å². The summed E-state index contributed by atoms with van der Waals surface area (Å²) in [6.45, 7) is 4.02. The molecule has 0 aliphatic heterocycles. The van der Waals surface area contributed by atoms with E-state index in [0.29, 0.717) is 10.7 Å². The van der Waals surface area contributed by atoms with Gasteiger partial charge in [0.05, 0.1) is 5.02 Å². The average Bonchev–Trinajstić information content (AvgIpc) is 2.74. The molecule has 1 aromatic rings. The van der Waals surface area contributed by atoms with Gasteiger partial charge in [-0.1, -0.05) is 11.6 Å². The zero-order chi connectivity index (χ0) is 11.9. The largest absolute Gasteiger partial charge is 0.346 e. The molecular formula is C11H16ClN3O. The summed E-state index contributed by atoms with van der Waals surface area (Å²) >= 11 is 5.91. The first-order valence-electron chi connectivity index (χ1n) is 5.43. The first-order chi connectivity index (χ1) is 7.49. The maximum atomic E-state index is 11.9. The SMILES string of the molecule is CC(C)n1cc(Cl)cc1C(=O)NC1CC1N. The first kappa shape index (κ1) is 11.5. The number of carbonyl (C=O) groups excluding carboxylic acids is 1. The predicted octanol–water partition coefficient (Wildman–Crippen LogP) is 1.55. The molecule has 1 saturated carbocycles. The topological polar surface area (TPSA) is 60.0 Å². The number of carbonyl (C=O) groups is 1. The van der Waals surface area contributed by atoms with Crippen molar-refractivity contribution < 1.29 is 4.79 Å². The van der Waals surface area contributed by atoms with E-state index in [1.807, 2.05) is 18.4 Å². The summed E-state index contributed by atoms with van der Waals surface area (Å²) in [5.41, 5.74) is 6.24. The van der Waals surface area contributed by atoms with Crippen LogP contribution in [0.4, 0.5) is 0 Å². The number of rotatable bonds is 3. The molecule has 1 heterocycles. The molecule has 1 fully saturated rings. The van der Waals surface area contributed by atoms with Gasteiger partial charge in [-0.15, -0.1) is 0 Å². The Balaban J connectivity index is 2.15. The minimum Gasteiger partial charge on any atom is -0.346 e. The number of nitrogens with zero attached hydrogens (tertiary/aromatic N) is 1. The van der Waals surface area contributed by atoms with Crippen molar-refractivity contribution in [3.05, 3.63) is 23.0 Å². The molecule has 0 bridgehead atoms. The predicted molar refractivity (Wildman–Crippen MR) is 63.7 cm³/mol. The standard InChI is InChI=1S/C11H16ClN3O/c1-6(2)15-5-7(12)3-10(15)11(16)14-9-4-8(9)13/h3,5-6,8-9H,4,13H2,1-2H3,(H,14,16). The van der Waals surface area contributed by atoms with Crippen molar-refractivity contribution in [2.75, 3.05) is 0 Å². The Bertz CT molecular complexity index is 413. The van der Waals surface area contributed by atoms with Crippen LogP contribution in [-0.4, -0.2) is 22.6 Å². The summed E-state index contributed by atoms with van der Waals surface area (Å²) in [4.78, 5) is 11.9. The summed E-state index contributed by atoms with van der Waals surface area (Å²) < 4.78 is 1.87. The molecule has 3 N–H and O–H groups in total. The highest BCUT2D eigenvalue weighted by Gasteiger charge is 2.35. The summed E-state index contributed by atoms with van der Waals surface area (Å²) in [6.07, 6.45) is 2.63. The summed E-state index contributed by atoms with van der Waals surface area (Å²) in [6, 6.07) is 2.13. The van der Waals surface area contributed by atoms with Crippen LogP contribution >= 0.6 is 11.6 Å². The van der Waals surface area contributed by atoms with Crippen LogP contribution in [-0.2, 0) is 0 Å². The molecule has 1 aliphatic rings. The molecule has 5 heteroatoms. The lowest BCUT2D eigenvalue weighted by Crippen LogP contribution is -2.31. The Morgan fingerprint density at radius 2 is 2.31 bits per heavy atom. The van der Waals surface area contributed by atoms with E-state index < -0.39 is 0 Å². The molecule has 0 saturated heterocycles. The Morgan fingerprint density at radius 1 is 1.69 bits per heavy atom. The van der Waals surface area contributed by atoms with Crippen molar-refractivity contribution in [3.8, 4) is 0 Å². The minimum atomic E-state index is -0.0986. The molecule has 0 radical (unpaired) electrons. The van der Waals surface area contributed by atoms with Crippen LogP contribution in [0.1, 0.15) is 36.8 Å². The first-order valence-corrected chi connectivity index (χ1v) is 5.80. The van der Waals surface area contributed by atoms with Gasteiger partial charge in [-0.25, -0.2) is 0 Å². The van der Waals surface area contributed by atoms with Crippen LogP contribution in [0, 0.1) is 0 Å². The van der Waals surface area contributed by atoms with E-state index in [4.69, 9.17) is 17.3 Å². The van der Waals surface area contributed by atoms with E-state index in [1.54, 1.807) is 12.3 Å². The molecule has 16 heavy (non-hydrogen) atoms. The van der Waals surface area contributed by atoms with Gasteiger partial charge in [-0.3, -0.25) is 4.79 Å². The quantitative estimate of drug-likeness (QED) is 0.844. The van der Waals surface area contributed by atoms with Gasteiger partial charge in [0.1, 0.15) is 5.69 Å². The second kappa shape index (κ2) is 4.11. The van der Waals surface area contributed by atoms with Crippen molar-refractivity contribution in [2.24, 2.45) is 5.73 Å². The van der Waals surface area contributed by atoms with Crippen LogP contribution < -0.4 is 11.1 Å². The van der Waals surface area contributed by atoms with Gasteiger partial charge in [0, 0.05) is 24.3 Å². The highest BCUT2D eigenvalue weighted by atomic mass is 35.5. The second-order valence-electron chi connectivity index (χ2n) is 4.52. The maximum absolute atomic E-state index is 11.9. The fourth-order valence-corrected chi connectivity index (χ4v) is 1.89. The Kier molecular flexibility index (Phi) is 2.95. The monoisotopic (exact) mass is 241 g/mol. The molecule has 1 aromatic heterocycles. The number of halogens is 1. The fraction of sp³-hybridized carbons (Fsp3) is 0.545. The molecule has 2 unspecified atom stereocenters. The van der Waals surface area contributed by atoms with Crippen molar-refractivity contribution in [3.63, 3.8) is 0 Å². The highest BCUT2D eigenvalue weighted by Crippen LogP contribution is 2.22. The molecule has 88 valence electrons. The van der Waals surface area contributed by atoms with E-state index >= 15 is 0 Å². The normalized spacial score (nSPS) is 23.6. The highest BCUT2D eigenvalue weighted by molar-refractivity contribution is 6.31. The zero-order valence-corrected chi connectivity index (χ0v) is 10.2. The smallest absolute Gasteiger partial charge is 0.268 e. The number of nitrogens with two attached hydrogens (primary N) is 1. The van der Waals surface area contributed by atoms with Crippen LogP contribution in [0.3, 0.4) is 0 Å². The fourth-order valence-electron chi connectivity index (χ4n) is 1.68. The van der Waals surface area contributed by atoms with E-state index in [9.17, 15) is 4.79 Å². The van der Waals surface area contributed by atoms with Crippen molar-refractivity contribution in [1.82, 2.24) is 9.88 Å². The van der Waals surface area contributed by atoms with Gasteiger partial charge in [0.25, 0.3) is 5.91 Å². The van der Waals surface area contributed by atoms with E-state index in [1.165, 1.54) is 0 Å². The van der Waals surface area contributed by atoms with Crippen molar-refractivity contribution in [2.45, 2.75) is 38.4 Å². The summed E-state index contributed by atoms with van der Waals surface area (Å²) in [5, 5.41) is 3.47. The third kappa shape index (κ3) is 2.23. The van der Waals surface area contributed by atoms with Crippen molar-refractivity contribution in [1.29, 1.82) is 0 Å². The van der Waals surface area contributed by atoms with Crippen LogP contribution in [0.5, 0.6) is 0 Å². The van der Waals surface area contributed by atoms with E-state index in [-0.39, 0.29) is 24.0 Å². The van der Waals surface area contributed by atoms with Crippen LogP contribution in [0.2, 0.25) is 5.02 Å². The van der Waals surface area contributed by atoms with Crippen molar-refractivity contribution >= 4 is 17.5 Å². The minimum absolute atomic E-state index is 0.0986. The van der Waals surface area contributed by atoms with Crippen LogP contribution in [0.25, 0.3) is 0 Å². The van der Waals surface area contributed by atoms with Crippen LogP contribution in [0.15, 0.2) is 12.3 Å². The second-order valence-corrected chi connectivity index (χ2v) is 4.96. The number of amides is 1. The Morgan fingerprint density at radius 3 is 2.81 bits per heavy atom. The lowest BCUT2D eigenvalue weighted by molar-refractivity contribution is 0.0939. The molecule has 1 amide bonds. The Hall–Kier alpha value is -1.00. The summed E-state index contributed by atoms with van der Waals surface area (Å²) in [7, 11) is 0. The molecule has 0 aromatic carbocycles. The zero-order valence-electron chi connectivity index (χ0n) is 9.40. The van der Waals surface area contributed by atoms with Gasteiger partial charge < -0.3 is 15.6 Å². The molecular weight excluding hydrogens is 226 g/mol. The molecule has 2 atom stereocenters. The molecule has 1 aliphatic carbocycles. The molecule has 2 rings (SSSR count). The molecule has 4 nitrogen and oxygen atoms in total. The van der Waals surface area contributed by atoms with Gasteiger partial charge in [0.15, 0.2) is 0 Å². The van der Waals surface area contributed by atoms with Gasteiger partial charge in [-0.2, -0.15) is 0 Å². The molecule has 0 spiro atoms. The number of aromatic nitrogens is 1. The maximum Gasteiger partial charge on any atom is 0.268 e. The number of nitrogens with one attached hydrogen (secondary N) is 1. The van der Waals surface area contributed by atoms with E-state index in [0.717, 1.165) is 6.42 Å². The van der Waals surface area contributed by atoms with Gasteiger partial charge >= 0.3 is 0 Å². The lowest BCUT2D eigenvalue weighted by Gasteiger charge is -2.12. The Labute approximate surface area is 99.8 Å². The summed E-state index contributed by atoms with van der Waals surface area (Å²) in [5.74, 6) is -0.0986.